The van der Waals surface area contributed by atoms with E-state index in [-0.39, 0.29) is 11.8 Å². The molecule has 0 aromatic heterocycles. The van der Waals surface area contributed by atoms with Crippen molar-refractivity contribution in [3.8, 4) is 5.75 Å². The molecule has 120 valence electrons. The molecule has 0 spiro atoms. The lowest BCUT2D eigenvalue weighted by Crippen LogP contribution is -2.39. The molecule has 2 rings (SSSR count). The summed E-state index contributed by atoms with van der Waals surface area (Å²) in [5, 5.41) is 9.69. The molecule has 1 unspecified atom stereocenters. The van der Waals surface area contributed by atoms with Crippen molar-refractivity contribution < 1.29 is 14.6 Å². The van der Waals surface area contributed by atoms with Gasteiger partial charge in [-0.05, 0) is 69.4 Å². The summed E-state index contributed by atoms with van der Waals surface area (Å²) in [6.07, 6.45) is 2.68. The van der Waals surface area contributed by atoms with Crippen LogP contribution in [0, 0.1) is 12.8 Å². The Morgan fingerprint density at radius 3 is 2.64 bits per heavy atom. The molecule has 1 atom stereocenters. The van der Waals surface area contributed by atoms with E-state index in [1.54, 1.807) is 11.0 Å². The summed E-state index contributed by atoms with van der Waals surface area (Å²) in [4.78, 5) is 14.2. The number of aryl methyl sites for hydroxylation is 1. The Kier molecular flexibility index (Phi) is 4.50. The number of hydrogen-bond donors (Lipinski definition) is 1. The van der Waals surface area contributed by atoms with Gasteiger partial charge in [0.2, 0.25) is 0 Å². The van der Waals surface area contributed by atoms with Gasteiger partial charge in [0.05, 0.1) is 5.70 Å². The van der Waals surface area contributed by atoms with E-state index in [1.807, 2.05) is 39.8 Å². The van der Waals surface area contributed by atoms with Crippen LogP contribution in [0.4, 0.5) is 4.79 Å². The largest absolute Gasteiger partial charge is 0.508 e. The summed E-state index contributed by atoms with van der Waals surface area (Å²) in [7, 11) is 0. The highest BCUT2D eigenvalue weighted by Gasteiger charge is 2.29. The van der Waals surface area contributed by atoms with Crippen LogP contribution in [-0.4, -0.2) is 28.2 Å². The Morgan fingerprint density at radius 1 is 1.36 bits per heavy atom. The first-order valence-electron chi connectivity index (χ1n) is 7.68. The van der Waals surface area contributed by atoms with Crippen molar-refractivity contribution in [2.45, 2.75) is 46.6 Å². The average molecular weight is 303 g/mol. The van der Waals surface area contributed by atoms with Crippen molar-refractivity contribution >= 4 is 11.8 Å². The van der Waals surface area contributed by atoms with E-state index in [0.29, 0.717) is 12.5 Å². The van der Waals surface area contributed by atoms with Gasteiger partial charge in [0, 0.05) is 6.54 Å². The fourth-order valence-electron chi connectivity index (χ4n) is 2.49. The highest BCUT2D eigenvalue weighted by Crippen LogP contribution is 2.31. The van der Waals surface area contributed by atoms with E-state index in [9.17, 15) is 9.90 Å². The maximum atomic E-state index is 12.5. The Morgan fingerprint density at radius 2 is 2.05 bits per heavy atom. The number of aromatic hydroxyl groups is 1. The predicted molar refractivity (Wildman–Crippen MR) is 87.5 cm³/mol. The fourth-order valence-corrected chi connectivity index (χ4v) is 2.49. The normalized spacial score (nSPS) is 18.9. The minimum absolute atomic E-state index is 0.261. The quantitative estimate of drug-likeness (QED) is 0.840. The van der Waals surface area contributed by atoms with E-state index >= 15 is 0 Å². The standard InChI is InChI=1S/C18H25NO3/c1-12-6-8-15(14-7-9-16(20)13(2)10-14)19(11-12)17(21)22-18(3,4)5/h7-10,12,20H,6,11H2,1-5H3. The highest BCUT2D eigenvalue weighted by molar-refractivity contribution is 5.83. The van der Waals surface area contributed by atoms with Crippen molar-refractivity contribution in [3.05, 3.63) is 35.4 Å². The third-order valence-corrected chi connectivity index (χ3v) is 3.61. The summed E-state index contributed by atoms with van der Waals surface area (Å²) >= 11 is 0. The second-order valence-electron chi connectivity index (χ2n) is 7.02. The van der Waals surface area contributed by atoms with Crippen LogP contribution in [0.2, 0.25) is 0 Å². The first kappa shape index (κ1) is 16.4. The third-order valence-electron chi connectivity index (χ3n) is 3.61. The lowest BCUT2D eigenvalue weighted by molar-refractivity contribution is 0.0327. The number of ether oxygens (including phenoxy) is 1. The van der Waals surface area contributed by atoms with Crippen LogP contribution in [-0.2, 0) is 4.74 Å². The van der Waals surface area contributed by atoms with Crippen molar-refractivity contribution in [3.63, 3.8) is 0 Å². The number of carbonyl (C=O) groups excluding carboxylic acids is 1. The Hall–Kier alpha value is -1.97. The summed E-state index contributed by atoms with van der Waals surface area (Å²) in [5.74, 6) is 0.659. The van der Waals surface area contributed by atoms with Gasteiger partial charge in [0.1, 0.15) is 11.4 Å². The van der Waals surface area contributed by atoms with Crippen molar-refractivity contribution in [1.82, 2.24) is 4.90 Å². The van der Waals surface area contributed by atoms with E-state index in [2.05, 4.69) is 13.0 Å². The Labute approximate surface area is 132 Å². The maximum absolute atomic E-state index is 12.5. The summed E-state index contributed by atoms with van der Waals surface area (Å²) in [6, 6.07) is 5.40. The topological polar surface area (TPSA) is 49.8 Å². The van der Waals surface area contributed by atoms with Crippen molar-refractivity contribution in [2.24, 2.45) is 5.92 Å². The summed E-state index contributed by atoms with van der Waals surface area (Å²) in [6.45, 7) is 10.2. The van der Waals surface area contributed by atoms with Crippen LogP contribution in [0.1, 0.15) is 45.2 Å². The minimum atomic E-state index is -0.520. The number of nitrogens with zero attached hydrogens (tertiary/aromatic N) is 1. The van der Waals surface area contributed by atoms with Gasteiger partial charge in [-0.1, -0.05) is 13.0 Å². The third kappa shape index (κ3) is 3.81. The van der Waals surface area contributed by atoms with E-state index < -0.39 is 5.60 Å². The van der Waals surface area contributed by atoms with Crippen molar-refractivity contribution in [1.29, 1.82) is 0 Å². The van der Waals surface area contributed by atoms with Gasteiger partial charge >= 0.3 is 6.09 Å². The van der Waals surface area contributed by atoms with Crippen LogP contribution in [0.3, 0.4) is 0 Å². The lowest BCUT2D eigenvalue weighted by atomic mass is 9.97. The van der Waals surface area contributed by atoms with Gasteiger partial charge in [-0.3, -0.25) is 4.90 Å². The molecule has 0 aliphatic carbocycles. The molecule has 0 radical (unpaired) electrons. The monoisotopic (exact) mass is 303 g/mol. The molecule has 0 saturated heterocycles. The first-order chi connectivity index (χ1) is 10.2. The number of allylic oxidation sites excluding steroid dienone is 1. The average Bonchev–Trinajstić information content (AvgIpc) is 2.40. The highest BCUT2D eigenvalue weighted by atomic mass is 16.6. The van der Waals surface area contributed by atoms with Crippen LogP contribution in [0.25, 0.3) is 5.70 Å². The van der Waals surface area contributed by atoms with Gasteiger partial charge < -0.3 is 9.84 Å². The molecule has 1 aliphatic heterocycles. The van der Waals surface area contributed by atoms with Crippen LogP contribution in [0.5, 0.6) is 5.75 Å². The molecule has 4 nitrogen and oxygen atoms in total. The summed E-state index contributed by atoms with van der Waals surface area (Å²) < 4.78 is 5.53. The second-order valence-corrected chi connectivity index (χ2v) is 7.02. The molecule has 0 bridgehead atoms. The molecule has 1 aromatic rings. The molecule has 0 fully saturated rings. The fraction of sp³-hybridized carbons (Fsp3) is 0.500. The number of carbonyl (C=O) groups is 1. The maximum Gasteiger partial charge on any atom is 0.414 e. The van der Waals surface area contributed by atoms with E-state index in [1.165, 1.54) is 0 Å². The number of phenols is 1. The zero-order valence-corrected chi connectivity index (χ0v) is 14.0. The van der Waals surface area contributed by atoms with Crippen LogP contribution >= 0.6 is 0 Å². The molecule has 1 amide bonds. The predicted octanol–water partition coefficient (Wildman–Crippen LogP) is 4.32. The number of amides is 1. The van der Waals surface area contributed by atoms with Gasteiger partial charge in [0.25, 0.3) is 0 Å². The first-order valence-corrected chi connectivity index (χ1v) is 7.68. The van der Waals surface area contributed by atoms with E-state index in [0.717, 1.165) is 23.2 Å². The van der Waals surface area contributed by atoms with Gasteiger partial charge in [-0.15, -0.1) is 0 Å². The molecule has 1 N–H and O–H groups in total. The minimum Gasteiger partial charge on any atom is -0.508 e. The number of rotatable bonds is 1. The smallest absolute Gasteiger partial charge is 0.414 e. The van der Waals surface area contributed by atoms with E-state index in [4.69, 9.17) is 4.74 Å². The van der Waals surface area contributed by atoms with Gasteiger partial charge in [-0.25, -0.2) is 4.79 Å². The molecule has 1 aliphatic rings. The van der Waals surface area contributed by atoms with Gasteiger partial charge in [-0.2, -0.15) is 0 Å². The zero-order valence-electron chi connectivity index (χ0n) is 14.0. The Balaban J connectivity index is 2.33. The van der Waals surface area contributed by atoms with Gasteiger partial charge in [0.15, 0.2) is 0 Å². The summed E-state index contributed by atoms with van der Waals surface area (Å²) in [5.41, 5.74) is 2.05. The number of phenolic OH excluding ortho intramolecular Hbond substituents is 1. The molecule has 1 heterocycles. The number of benzene rings is 1. The zero-order chi connectivity index (χ0) is 16.5. The SMILES string of the molecule is Cc1cc(C2=CCC(C)CN2C(=O)OC(C)(C)C)ccc1O. The van der Waals surface area contributed by atoms with Crippen LogP contribution in [0.15, 0.2) is 24.3 Å². The van der Waals surface area contributed by atoms with Crippen molar-refractivity contribution in [2.75, 3.05) is 6.54 Å². The van der Waals surface area contributed by atoms with Crippen LogP contribution < -0.4 is 0 Å². The second kappa shape index (κ2) is 6.03. The molecular formula is C18H25NO3. The molecule has 22 heavy (non-hydrogen) atoms. The Bertz CT molecular complexity index is 599. The molecule has 1 aromatic carbocycles. The lowest BCUT2D eigenvalue weighted by Gasteiger charge is -2.34. The molecule has 4 heteroatoms. The number of hydrogen-bond acceptors (Lipinski definition) is 3. The molecule has 0 saturated carbocycles. The molecular weight excluding hydrogens is 278 g/mol.